The fourth-order valence-electron chi connectivity index (χ4n) is 6.35. The van der Waals surface area contributed by atoms with Crippen LogP contribution in [0.2, 0.25) is 0 Å². The summed E-state index contributed by atoms with van der Waals surface area (Å²) in [6.07, 6.45) is 8.13. The molecule has 0 radical (unpaired) electrons. The number of carbonyl (C=O) groups is 3. The van der Waals surface area contributed by atoms with Gasteiger partial charge in [-0.3, -0.25) is 14.4 Å². The topological polar surface area (TPSA) is 78.5 Å². The molecule has 6 nitrogen and oxygen atoms in total. The van der Waals surface area contributed by atoms with Gasteiger partial charge >= 0.3 is 0 Å². The summed E-state index contributed by atoms with van der Waals surface area (Å²) in [7, 11) is 0. The number of anilines is 2. The highest BCUT2D eigenvalue weighted by Gasteiger charge is 2.57. The molecule has 2 N–H and O–H groups in total. The van der Waals surface area contributed by atoms with Crippen molar-refractivity contribution in [1.82, 2.24) is 4.90 Å². The van der Waals surface area contributed by atoms with Crippen LogP contribution in [0.3, 0.4) is 0 Å². The number of nitrogens with zero attached hydrogens (tertiary/aromatic N) is 1. The molecule has 3 aliphatic rings. The molecule has 2 aromatic rings. The van der Waals surface area contributed by atoms with Crippen LogP contribution in [0.5, 0.6) is 0 Å². The maximum absolute atomic E-state index is 13.9. The van der Waals surface area contributed by atoms with E-state index in [0.29, 0.717) is 16.9 Å². The minimum Gasteiger partial charge on any atom is -0.329 e. The van der Waals surface area contributed by atoms with Gasteiger partial charge in [0.05, 0.1) is 11.5 Å². The molecule has 1 atom stereocenters. The third kappa shape index (κ3) is 3.81. The Kier molecular flexibility index (Phi) is 5.69. The van der Waals surface area contributed by atoms with Crippen LogP contribution in [0.25, 0.3) is 0 Å². The van der Waals surface area contributed by atoms with E-state index >= 15 is 0 Å². The summed E-state index contributed by atoms with van der Waals surface area (Å²) >= 11 is 0. The lowest BCUT2D eigenvalue weighted by molar-refractivity contribution is -0.121. The summed E-state index contributed by atoms with van der Waals surface area (Å²) in [5.41, 5.74) is 2.44. The summed E-state index contributed by atoms with van der Waals surface area (Å²) in [6, 6.07) is 15.1. The Labute approximate surface area is 194 Å². The fourth-order valence-corrected chi connectivity index (χ4v) is 6.35. The SMILES string of the molecule is CC(=O)Nc1ccc(NC(=O)[C@@H]2c3ccccc3C(=O)N(C3CCCC3)C23CCCC3)cc1. The first-order valence-corrected chi connectivity index (χ1v) is 12.1. The van der Waals surface area contributed by atoms with Gasteiger partial charge in [0.2, 0.25) is 11.8 Å². The van der Waals surface area contributed by atoms with Gasteiger partial charge in [0.15, 0.2) is 0 Å². The van der Waals surface area contributed by atoms with Gasteiger partial charge in [-0.15, -0.1) is 0 Å². The molecule has 0 bridgehead atoms. The zero-order chi connectivity index (χ0) is 23.0. The van der Waals surface area contributed by atoms with Crippen LogP contribution in [0, 0.1) is 0 Å². The van der Waals surface area contributed by atoms with Crippen LogP contribution in [-0.2, 0) is 9.59 Å². The van der Waals surface area contributed by atoms with Crippen molar-refractivity contribution in [2.75, 3.05) is 10.6 Å². The third-order valence-electron chi connectivity index (χ3n) is 7.63. The number of amides is 3. The Hall–Kier alpha value is -3.15. The Balaban J connectivity index is 1.52. The second kappa shape index (κ2) is 8.65. The van der Waals surface area contributed by atoms with Crippen molar-refractivity contribution in [2.24, 2.45) is 0 Å². The number of rotatable bonds is 4. The molecule has 3 amide bonds. The average molecular weight is 446 g/mol. The van der Waals surface area contributed by atoms with Gasteiger partial charge in [-0.25, -0.2) is 0 Å². The van der Waals surface area contributed by atoms with Gasteiger partial charge in [0, 0.05) is 29.9 Å². The standard InChI is InChI=1S/C27H31N3O3/c1-18(31)28-19-12-14-20(15-13-19)29-25(32)24-22-10-4-5-11-23(22)26(33)30(21-8-2-3-9-21)27(24)16-6-7-17-27/h4-5,10-15,21,24H,2-3,6-9,16-17H2,1H3,(H,28,31)(H,29,32)/t24-/m0/s1. The van der Waals surface area contributed by atoms with Crippen molar-refractivity contribution in [1.29, 1.82) is 0 Å². The molecular weight excluding hydrogens is 414 g/mol. The summed E-state index contributed by atoms with van der Waals surface area (Å²) < 4.78 is 0. The number of benzene rings is 2. The van der Waals surface area contributed by atoms with E-state index in [1.807, 2.05) is 24.3 Å². The van der Waals surface area contributed by atoms with Crippen LogP contribution in [0.15, 0.2) is 48.5 Å². The molecule has 0 aromatic heterocycles. The van der Waals surface area contributed by atoms with E-state index in [-0.39, 0.29) is 23.8 Å². The number of carbonyl (C=O) groups excluding carboxylic acids is 3. The van der Waals surface area contributed by atoms with Crippen molar-refractivity contribution in [3.05, 3.63) is 59.7 Å². The van der Waals surface area contributed by atoms with Gasteiger partial charge in [-0.05, 0) is 61.6 Å². The Morgan fingerprint density at radius 2 is 1.48 bits per heavy atom. The molecule has 1 heterocycles. The number of fused-ring (bicyclic) bond motifs is 1. The molecule has 0 unspecified atom stereocenters. The second-order valence-electron chi connectivity index (χ2n) is 9.69. The molecule has 5 rings (SSSR count). The first-order chi connectivity index (χ1) is 16.0. The number of hydrogen-bond donors (Lipinski definition) is 2. The smallest absolute Gasteiger partial charge is 0.254 e. The maximum atomic E-state index is 13.9. The van der Waals surface area contributed by atoms with E-state index in [0.717, 1.165) is 56.9 Å². The molecular formula is C27H31N3O3. The van der Waals surface area contributed by atoms with Crippen LogP contribution in [0.1, 0.15) is 80.1 Å². The molecule has 33 heavy (non-hydrogen) atoms. The first-order valence-electron chi connectivity index (χ1n) is 12.1. The van der Waals surface area contributed by atoms with E-state index in [1.165, 1.54) is 6.92 Å². The second-order valence-corrected chi connectivity index (χ2v) is 9.69. The van der Waals surface area contributed by atoms with Crippen molar-refractivity contribution in [3.63, 3.8) is 0 Å². The van der Waals surface area contributed by atoms with Gasteiger partial charge < -0.3 is 15.5 Å². The Bertz CT molecular complexity index is 1070. The summed E-state index contributed by atoms with van der Waals surface area (Å²) in [5.74, 6) is -0.495. The van der Waals surface area contributed by atoms with E-state index in [2.05, 4.69) is 15.5 Å². The van der Waals surface area contributed by atoms with Gasteiger partial charge in [-0.2, -0.15) is 0 Å². The number of nitrogens with one attached hydrogen (secondary N) is 2. The normalized spacial score (nSPS) is 21.8. The van der Waals surface area contributed by atoms with E-state index in [1.54, 1.807) is 24.3 Å². The van der Waals surface area contributed by atoms with Crippen LogP contribution < -0.4 is 10.6 Å². The molecule has 1 spiro atoms. The highest BCUT2D eigenvalue weighted by atomic mass is 16.2. The average Bonchev–Trinajstić information content (AvgIpc) is 3.49. The monoisotopic (exact) mass is 445 g/mol. The largest absolute Gasteiger partial charge is 0.329 e. The minimum absolute atomic E-state index is 0.0628. The van der Waals surface area contributed by atoms with Gasteiger partial charge in [0.1, 0.15) is 0 Å². The molecule has 172 valence electrons. The van der Waals surface area contributed by atoms with E-state index < -0.39 is 11.5 Å². The fraction of sp³-hybridized carbons (Fsp3) is 0.444. The summed E-state index contributed by atoms with van der Waals surface area (Å²) in [4.78, 5) is 41.1. The van der Waals surface area contributed by atoms with Crippen LogP contribution in [-0.4, -0.2) is 34.2 Å². The zero-order valence-corrected chi connectivity index (χ0v) is 19.1. The van der Waals surface area contributed by atoms with Crippen LogP contribution >= 0.6 is 0 Å². The molecule has 1 aliphatic heterocycles. The molecule has 2 saturated carbocycles. The predicted octanol–water partition coefficient (Wildman–Crippen LogP) is 5.08. The minimum atomic E-state index is -0.458. The number of hydrogen-bond acceptors (Lipinski definition) is 3. The summed E-state index contributed by atoms with van der Waals surface area (Å²) in [6.45, 7) is 1.47. The Morgan fingerprint density at radius 1 is 0.879 bits per heavy atom. The Morgan fingerprint density at radius 3 is 2.12 bits per heavy atom. The lowest BCUT2D eigenvalue weighted by Crippen LogP contribution is -2.62. The highest BCUT2D eigenvalue weighted by Crippen LogP contribution is 2.52. The molecule has 2 fully saturated rings. The molecule has 2 aromatic carbocycles. The molecule has 6 heteroatoms. The quantitative estimate of drug-likeness (QED) is 0.689. The van der Waals surface area contributed by atoms with Crippen molar-refractivity contribution in [3.8, 4) is 0 Å². The lowest BCUT2D eigenvalue weighted by Gasteiger charge is -2.52. The zero-order valence-electron chi connectivity index (χ0n) is 19.1. The first kappa shape index (κ1) is 21.7. The lowest BCUT2D eigenvalue weighted by atomic mass is 9.70. The molecule has 0 saturated heterocycles. The van der Waals surface area contributed by atoms with Crippen molar-refractivity contribution < 1.29 is 14.4 Å². The predicted molar refractivity (Wildman–Crippen MR) is 128 cm³/mol. The van der Waals surface area contributed by atoms with Crippen LogP contribution in [0.4, 0.5) is 11.4 Å². The summed E-state index contributed by atoms with van der Waals surface area (Å²) in [5, 5.41) is 5.87. The van der Waals surface area contributed by atoms with Crippen molar-refractivity contribution in [2.45, 2.75) is 75.8 Å². The van der Waals surface area contributed by atoms with Crippen molar-refractivity contribution >= 4 is 29.1 Å². The van der Waals surface area contributed by atoms with E-state index in [9.17, 15) is 14.4 Å². The maximum Gasteiger partial charge on any atom is 0.254 e. The van der Waals surface area contributed by atoms with E-state index in [4.69, 9.17) is 0 Å². The van der Waals surface area contributed by atoms with Gasteiger partial charge in [0.25, 0.3) is 5.91 Å². The highest BCUT2D eigenvalue weighted by molar-refractivity contribution is 6.05. The third-order valence-corrected chi connectivity index (χ3v) is 7.63. The van der Waals surface area contributed by atoms with Gasteiger partial charge in [-0.1, -0.05) is 43.9 Å². The molecule has 2 aliphatic carbocycles.